The van der Waals surface area contributed by atoms with Crippen LogP contribution in [0.1, 0.15) is 67.2 Å². The maximum Gasteiger partial charge on any atom is 0.341 e. The van der Waals surface area contributed by atoms with Gasteiger partial charge >= 0.3 is 11.9 Å². The maximum absolute atomic E-state index is 12.3. The molecule has 0 radical (unpaired) electrons. The molecule has 1 aromatic rings. The monoisotopic (exact) mass is 322 g/mol. The van der Waals surface area contributed by atoms with Crippen LogP contribution in [-0.4, -0.2) is 29.9 Å². The second kappa shape index (κ2) is 10.0. The first kappa shape index (κ1) is 19.2. The van der Waals surface area contributed by atoms with Gasteiger partial charge in [0.15, 0.2) is 6.29 Å². The molecule has 0 amide bonds. The van der Waals surface area contributed by atoms with E-state index in [-0.39, 0.29) is 11.1 Å². The Labute approximate surface area is 137 Å². The first-order valence-corrected chi connectivity index (χ1v) is 8.14. The second-order valence-corrected chi connectivity index (χ2v) is 5.57. The van der Waals surface area contributed by atoms with Crippen molar-refractivity contribution in [2.24, 2.45) is 5.92 Å². The van der Waals surface area contributed by atoms with E-state index >= 15 is 0 Å². The number of ether oxygens (including phenoxy) is 2. The fourth-order valence-electron chi connectivity index (χ4n) is 2.23. The van der Waals surface area contributed by atoms with Crippen LogP contribution in [0.4, 0.5) is 0 Å². The van der Waals surface area contributed by atoms with E-state index in [9.17, 15) is 9.59 Å². The Morgan fingerprint density at radius 1 is 1.13 bits per heavy atom. The lowest BCUT2D eigenvalue weighted by Crippen LogP contribution is -2.19. The largest absolute Gasteiger partial charge is 0.462 e. The van der Waals surface area contributed by atoms with Gasteiger partial charge in [-0.05, 0) is 31.4 Å². The zero-order chi connectivity index (χ0) is 17.2. The molecule has 1 N–H and O–H groups in total. The first-order chi connectivity index (χ1) is 11.0. The van der Waals surface area contributed by atoms with E-state index in [0.29, 0.717) is 12.5 Å². The van der Waals surface area contributed by atoms with Gasteiger partial charge in [0.25, 0.3) is 0 Å². The lowest BCUT2D eigenvalue weighted by atomic mass is 10.0. The number of carbonyl (C=O) groups is 2. The minimum Gasteiger partial charge on any atom is -0.462 e. The van der Waals surface area contributed by atoms with Crippen molar-refractivity contribution in [2.45, 2.75) is 52.7 Å². The molecule has 0 spiro atoms. The zero-order valence-electron chi connectivity index (χ0n) is 14.1. The second-order valence-electron chi connectivity index (χ2n) is 5.57. The highest BCUT2D eigenvalue weighted by molar-refractivity contribution is 6.03. The number of unbranched alkanes of at least 4 members (excludes halogenated alkanes) is 1. The van der Waals surface area contributed by atoms with Crippen molar-refractivity contribution in [3.05, 3.63) is 35.4 Å². The summed E-state index contributed by atoms with van der Waals surface area (Å²) in [4.78, 5) is 24.2. The first-order valence-electron chi connectivity index (χ1n) is 8.14. The van der Waals surface area contributed by atoms with Crippen LogP contribution in [-0.2, 0) is 9.47 Å². The van der Waals surface area contributed by atoms with Crippen molar-refractivity contribution in [3.8, 4) is 0 Å². The summed E-state index contributed by atoms with van der Waals surface area (Å²) in [7, 11) is 0. The standard InChI is InChI=1S/C18H26O5/c1-4-6-9-14(5-2)12-22-17(20)15-10-7-8-11-16(15)18(21)23-13(3)19/h7-8,10-11,13-14,19H,4-6,9,12H2,1-3H3. The summed E-state index contributed by atoms with van der Waals surface area (Å²) in [5, 5.41) is 9.14. The molecule has 2 unspecified atom stereocenters. The summed E-state index contributed by atoms with van der Waals surface area (Å²) in [6.07, 6.45) is 2.95. The van der Waals surface area contributed by atoms with Gasteiger partial charge < -0.3 is 14.6 Å². The molecule has 0 saturated heterocycles. The summed E-state index contributed by atoms with van der Waals surface area (Å²) in [6, 6.07) is 6.29. The number of aliphatic hydroxyl groups is 1. The average Bonchev–Trinajstić information content (AvgIpc) is 2.54. The normalized spacial score (nSPS) is 13.2. The zero-order valence-corrected chi connectivity index (χ0v) is 14.1. The summed E-state index contributed by atoms with van der Waals surface area (Å²) < 4.78 is 10.1. The number of rotatable bonds is 9. The molecule has 1 aromatic carbocycles. The lowest BCUT2D eigenvalue weighted by molar-refractivity contribution is -0.0524. The third-order valence-electron chi connectivity index (χ3n) is 3.64. The average molecular weight is 322 g/mol. The summed E-state index contributed by atoms with van der Waals surface area (Å²) in [6.45, 7) is 5.87. The third-order valence-corrected chi connectivity index (χ3v) is 3.64. The Morgan fingerprint density at radius 2 is 1.74 bits per heavy atom. The van der Waals surface area contributed by atoms with Crippen LogP contribution in [0.25, 0.3) is 0 Å². The van der Waals surface area contributed by atoms with Gasteiger partial charge in [-0.3, -0.25) is 0 Å². The molecule has 23 heavy (non-hydrogen) atoms. The molecule has 1 rings (SSSR count). The number of hydrogen-bond donors (Lipinski definition) is 1. The van der Waals surface area contributed by atoms with E-state index in [1.54, 1.807) is 12.1 Å². The Hall–Kier alpha value is -1.88. The summed E-state index contributed by atoms with van der Waals surface area (Å²) >= 11 is 0. The fourth-order valence-corrected chi connectivity index (χ4v) is 2.23. The van der Waals surface area contributed by atoms with Gasteiger partial charge in [-0.15, -0.1) is 0 Å². The predicted octanol–water partition coefficient (Wildman–Crippen LogP) is 3.55. The highest BCUT2D eigenvalue weighted by atomic mass is 16.6. The fraction of sp³-hybridized carbons (Fsp3) is 0.556. The molecule has 5 nitrogen and oxygen atoms in total. The molecule has 0 aliphatic rings. The van der Waals surface area contributed by atoms with Gasteiger partial charge in [0.1, 0.15) is 0 Å². The number of carbonyl (C=O) groups excluding carboxylic acids is 2. The Kier molecular flexibility index (Phi) is 8.33. The SMILES string of the molecule is CCCCC(CC)COC(=O)c1ccccc1C(=O)OC(C)O. The van der Waals surface area contributed by atoms with E-state index < -0.39 is 18.2 Å². The van der Waals surface area contributed by atoms with Crippen molar-refractivity contribution < 1.29 is 24.2 Å². The minimum absolute atomic E-state index is 0.0972. The molecule has 5 heteroatoms. The molecule has 0 saturated carbocycles. The van der Waals surface area contributed by atoms with Crippen LogP contribution in [0.15, 0.2) is 24.3 Å². The molecule has 0 fully saturated rings. The van der Waals surface area contributed by atoms with Crippen LogP contribution in [0.2, 0.25) is 0 Å². The van der Waals surface area contributed by atoms with E-state index in [1.807, 2.05) is 0 Å². The van der Waals surface area contributed by atoms with Gasteiger partial charge in [0.05, 0.1) is 17.7 Å². The molecule has 0 aromatic heterocycles. The predicted molar refractivity (Wildman–Crippen MR) is 87.1 cm³/mol. The van der Waals surface area contributed by atoms with E-state index in [0.717, 1.165) is 25.7 Å². The van der Waals surface area contributed by atoms with Crippen LogP contribution in [0, 0.1) is 5.92 Å². The Balaban J connectivity index is 2.74. The van der Waals surface area contributed by atoms with Crippen molar-refractivity contribution in [2.75, 3.05) is 6.61 Å². The van der Waals surface area contributed by atoms with Crippen LogP contribution >= 0.6 is 0 Å². The smallest absolute Gasteiger partial charge is 0.341 e. The van der Waals surface area contributed by atoms with Gasteiger partial charge in [0, 0.05) is 0 Å². The van der Waals surface area contributed by atoms with E-state index in [1.165, 1.54) is 19.1 Å². The van der Waals surface area contributed by atoms with Gasteiger partial charge in [0.2, 0.25) is 0 Å². The topological polar surface area (TPSA) is 72.8 Å². The summed E-state index contributed by atoms with van der Waals surface area (Å²) in [5.41, 5.74) is 0.253. The quantitative estimate of drug-likeness (QED) is 0.556. The molecule has 0 bridgehead atoms. The minimum atomic E-state index is -1.23. The molecule has 128 valence electrons. The number of esters is 2. The van der Waals surface area contributed by atoms with Crippen molar-refractivity contribution in [3.63, 3.8) is 0 Å². The highest BCUT2D eigenvalue weighted by Gasteiger charge is 2.20. The van der Waals surface area contributed by atoms with Crippen LogP contribution in [0.3, 0.4) is 0 Å². The number of hydrogen-bond acceptors (Lipinski definition) is 5. The van der Waals surface area contributed by atoms with Gasteiger partial charge in [-0.2, -0.15) is 0 Å². The summed E-state index contributed by atoms with van der Waals surface area (Å²) in [5.74, 6) is -0.959. The molecule has 2 atom stereocenters. The van der Waals surface area contributed by atoms with Crippen molar-refractivity contribution >= 4 is 11.9 Å². The number of aliphatic hydroxyl groups excluding tert-OH is 1. The van der Waals surface area contributed by atoms with Crippen molar-refractivity contribution in [1.29, 1.82) is 0 Å². The highest BCUT2D eigenvalue weighted by Crippen LogP contribution is 2.16. The Bertz CT molecular complexity index is 510. The molecule has 0 aliphatic heterocycles. The maximum atomic E-state index is 12.3. The molecule has 0 heterocycles. The molecular formula is C18H26O5. The molecular weight excluding hydrogens is 296 g/mol. The van der Waals surface area contributed by atoms with Crippen LogP contribution < -0.4 is 0 Å². The molecule has 0 aliphatic carbocycles. The van der Waals surface area contributed by atoms with E-state index in [2.05, 4.69) is 13.8 Å². The number of benzene rings is 1. The third kappa shape index (κ3) is 6.40. The lowest BCUT2D eigenvalue weighted by Gasteiger charge is -2.15. The Morgan fingerprint density at radius 3 is 2.26 bits per heavy atom. The van der Waals surface area contributed by atoms with Crippen LogP contribution in [0.5, 0.6) is 0 Å². The van der Waals surface area contributed by atoms with E-state index in [4.69, 9.17) is 14.6 Å². The van der Waals surface area contributed by atoms with Gasteiger partial charge in [-0.1, -0.05) is 45.2 Å². The van der Waals surface area contributed by atoms with Crippen molar-refractivity contribution in [1.82, 2.24) is 0 Å². The van der Waals surface area contributed by atoms with Gasteiger partial charge in [-0.25, -0.2) is 9.59 Å².